The Labute approximate surface area is 78.5 Å². The molecule has 0 atom stereocenters. The number of aliphatic carboxylic acids is 1. The van der Waals surface area contributed by atoms with Gasteiger partial charge in [-0.2, -0.15) is 5.26 Å². The van der Waals surface area contributed by atoms with Crippen LogP contribution >= 0.6 is 0 Å². The summed E-state index contributed by atoms with van der Waals surface area (Å²) in [5, 5.41) is 17.1. The van der Waals surface area contributed by atoms with Gasteiger partial charge in [-0.1, -0.05) is 0 Å². The molecule has 0 saturated carbocycles. The van der Waals surface area contributed by atoms with Crippen LogP contribution in [0.3, 0.4) is 0 Å². The predicted molar refractivity (Wildman–Crippen MR) is 22.9 cm³/mol. The fourth-order valence-corrected chi connectivity index (χ4v) is 0.167. The molecule has 1 N–H and O–H groups in total. The molecule has 6 heteroatoms. The van der Waals surface area contributed by atoms with Crippen molar-refractivity contribution in [3.05, 3.63) is 12.2 Å². The van der Waals surface area contributed by atoms with E-state index in [1.165, 1.54) is 0 Å². The summed E-state index contributed by atoms with van der Waals surface area (Å²) in [6, 6.07) is 0. The van der Waals surface area contributed by atoms with E-state index in [-0.39, 0.29) is 29.6 Å². The standard InChI is InChI=1S/C4H4O5.Na/c5-3(6)1-2-4(7)9-8;/h1-2,8H,(H,5,6);/q;+1/p-1/b2-1+;. The summed E-state index contributed by atoms with van der Waals surface area (Å²) in [7, 11) is 0. The molecule has 10 heavy (non-hydrogen) atoms. The minimum Gasteiger partial charge on any atom is -0.545 e. The first-order valence-electron chi connectivity index (χ1n) is 1.91. The van der Waals surface area contributed by atoms with Crippen molar-refractivity contribution in [1.29, 1.82) is 0 Å². The molecule has 0 aliphatic heterocycles. The fourth-order valence-electron chi connectivity index (χ4n) is 0.167. The van der Waals surface area contributed by atoms with Crippen molar-refractivity contribution in [2.24, 2.45) is 0 Å². The zero-order valence-electron chi connectivity index (χ0n) is 5.23. The first kappa shape index (κ1) is 12.3. The zero-order chi connectivity index (χ0) is 7.28. The maximum Gasteiger partial charge on any atom is 1.00 e. The molecule has 0 radical (unpaired) electrons. The molecule has 5 nitrogen and oxygen atoms in total. The van der Waals surface area contributed by atoms with Crippen LogP contribution in [0.25, 0.3) is 0 Å². The van der Waals surface area contributed by atoms with Gasteiger partial charge < -0.3 is 9.90 Å². The van der Waals surface area contributed by atoms with Gasteiger partial charge in [0.25, 0.3) is 0 Å². The Hall–Kier alpha value is -0.360. The second-order valence-corrected chi connectivity index (χ2v) is 1.06. The number of carbonyl (C=O) groups is 2. The van der Waals surface area contributed by atoms with Gasteiger partial charge in [0.15, 0.2) is 0 Å². The van der Waals surface area contributed by atoms with E-state index in [2.05, 4.69) is 4.89 Å². The van der Waals surface area contributed by atoms with Gasteiger partial charge in [-0.15, -0.1) is 0 Å². The summed E-state index contributed by atoms with van der Waals surface area (Å²) in [4.78, 5) is 22.5. The van der Waals surface area contributed by atoms with Crippen LogP contribution in [0.4, 0.5) is 0 Å². The Kier molecular flexibility index (Phi) is 8.33. The Morgan fingerprint density at radius 3 is 2.20 bits per heavy atom. The number of carbonyl (C=O) groups excluding carboxylic acids is 2. The summed E-state index contributed by atoms with van der Waals surface area (Å²) < 4.78 is 0. The van der Waals surface area contributed by atoms with Crippen LogP contribution in [0, 0.1) is 0 Å². The summed E-state index contributed by atoms with van der Waals surface area (Å²) in [5.74, 6) is -2.68. The van der Waals surface area contributed by atoms with Gasteiger partial charge in [-0.25, -0.2) is 4.79 Å². The molecule has 0 aromatic rings. The number of hydrogen-bond acceptors (Lipinski definition) is 5. The van der Waals surface area contributed by atoms with Gasteiger partial charge in [-0.05, 0) is 6.08 Å². The summed E-state index contributed by atoms with van der Waals surface area (Å²) in [5.41, 5.74) is 0. The number of rotatable bonds is 2. The molecule has 0 amide bonds. The second-order valence-electron chi connectivity index (χ2n) is 1.06. The van der Waals surface area contributed by atoms with Gasteiger partial charge >= 0.3 is 35.5 Å². The normalized spacial score (nSPS) is 8.50. The van der Waals surface area contributed by atoms with Crippen LogP contribution in [-0.4, -0.2) is 17.2 Å². The third kappa shape index (κ3) is 7.64. The smallest absolute Gasteiger partial charge is 0.545 e. The van der Waals surface area contributed by atoms with E-state index in [4.69, 9.17) is 5.26 Å². The topological polar surface area (TPSA) is 86.7 Å². The van der Waals surface area contributed by atoms with Gasteiger partial charge in [-0.3, -0.25) is 4.89 Å². The minimum atomic E-state index is -1.53. The summed E-state index contributed by atoms with van der Waals surface area (Å²) >= 11 is 0. The largest absolute Gasteiger partial charge is 1.00 e. The SMILES string of the molecule is O=C([O-])/C=C/C(=O)OO.[Na+]. The van der Waals surface area contributed by atoms with Crippen molar-refractivity contribution in [3.63, 3.8) is 0 Å². The quantitative estimate of drug-likeness (QED) is 0.187. The average molecular weight is 154 g/mol. The Balaban J connectivity index is 0. The van der Waals surface area contributed by atoms with Gasteiger partial charge in [0.1, 0.15) is 0 Å². The molecule has 0 heterocycles. The molecule has 0 aromatic heterocycles. The van der Waals surface area contributed by atoms with Crippen molar-refractivity contribution in [3.8, 4) is 0 Å². The molecule has 0 aromatic carbocycles. The van der Waals surface area contributed by atoms with E-state index in [9.17, 15) is 14.7 Å². The average Bonchev–Trinajstić information content (AvgIpc) is 1.83. The Morgan fingerprint density at radius 2 is 1.90 bits per heavy atom. The third-order valence-corrected chi connectivity index (χ3v) is 0.445. The molecule has 0 aliphatic carbocycles. The van der Waals surface area contributed by atoms with Crippen LogP contribution in [0.15, 0.2) is 12.2 Å². The first-order valence-corrected chi connectivity index (χ1v) is 1.91. The fraction of sp³-hybridized carbons (Fsp3) is 0. The minimum absolute atomic E-state index is 0. The van der Waals surface area contributed by atoms with Crippen LogP contribution in [0.1, 0.15) is 0 Å². The van der Waals surface area contributed by atoms with E-state index < -0.39 is 11.9 Å². The van der Waals surface area contributed by atoms with Crippen molar-refractivity contribution in [1.82, 2.24) is 0 Å². The van der Waals surface area contributed by atoms with E-state index in [1.807, 2.05) is 0 Å². The molecule has 50 valence electrons. The van der Waals surface area contributed by atoms with Crippen molar-refractivity contribution >= 4 is 11.9 Å². The number of carboxylic acids is 1. The zero-order valence-corrected chi connectivity index (χ0v) is 7.23. The molecule has 0 fully saturated rings. The Morgan fingerprint density at radius 1 is 1.40 bits per heavy atom. The maximum atomic E-state index is 9.87. The van der Waals surface area contributed by atoms with Crippen molar-refractivity contribution in [2.45, 2.75) is 0 Å². The molecule has 0 saturated heterocycles. The number of carboxylic acid groups (broad SMARTS) is 1. The molecule has 0 aliphatic rings. The van der Waals surface area contributed by atoms with E-state index >= 15 is 0 Å². The van der Waals surface area contributed by atoms with Crippen LogP contribution < -0.4 is 34.7 Å². The van der Waals surface area contributed by atoms with E-state index in [1.54, 1.807) is 0 Å². The van der Waals surface area contributed by atoms with Crippen molar-refractivity contribution in [2.75, 3.05) is 0 Å². The second kappa shape index (κ2) is 6.76. The molecular formula is C4H3NaO5. The monoisotopic (exact) mass is 154 g/mol. The van der Waals surface area contributed by atoms with Crippen LogP contribution in [-0.2, 0) is 14.5 Å². The van der Waals surface area contributed by atoms with E-state index in [0.717, 1.165) is 0 Å². The first-order chi connectivity index (χ1) is 4.16. The molecule has 0 bridgehead atoms. The molecule has 0 spiro atoms. The third-order valence-electron chi connectivity index (χ3n) is 0.445. The van der Waals surface area contributed by atoms with E-state index in [0.29, 0.717) is 12.2 Å². The number of hydrogen-bond donors (Lipinski definition) is 1. The summed E-state index contributed by atoms with van der Waals surface area (Å²) in [6.07, 6.45) is 0.966. The van der Waals surface area contributed by atoms with Gasteiger partial charge in [0, 0.05) is 6.08 Å². The summed E-state index contributed by atoms with van der Waals surface area (Å²) in [6.45, 7) is 0. The van der Waals surface area contributed by atoms with Gasteiger partial charge in [0.05, 0.1) is 5.97 Å². The Bertz CT molecular complexity index is 152. The van der Waals surface area contributed by atoms with Gasteiger partial charge in [0.2, 0.25) is 0 Å². The molecule has 0 rings (SSSR count). The van der Waals surface area contributed by atoms with Crippen LogP contribution in [0.5, 0.6) is 0 Å². The maximum absolute atomic E-state index is 9.87. The molecule has 0 unspecified atom stereocenters. The van der Waals surface area contributed by atoms with Crippen LogP contribution in [0.2, 0.25) is 0 Å². The molecular weight excluding hydrogens is 151 g/mol. The van der Waals surface area contributed by atoms with Crippen molar-refractivity contribution < 1.29 is 54.4 Å². The predicted octanol–water partition coefficient (Wildman–Crippen LogP) is -4.69.